The summed E-state index contributed by atoms with van der Waals surface area (Å²) < 4.78 is 13.2. The number of hydrogen-bond acceptors (Lipinski definition) is 2. The van der Waals surface area contributed by atoms with Crippen LogP contribution in [0.4, 0.5) is 16.0 Å². The third-order valence-electron chi connectivity index (χ3n) is 3.23. The average molecular weight is 304 g/mol. The van der Waals surface area contributed by atoms with Crippen molar-refractivity contribution in [2.75, 3.05) is 11.2 Å². The van der Waals surface area contributed by atoms with Gasteiger partial charge in [-0.2, -0.15) is 0 Å². The van der Waals surface area contributed by atoms with Crippen LogP contribution in [0.25, 0.3) is 11.0 Å². The molecule has 0 amide bonds. The number of halogens is 2. The maximum atomic E-state index is 13.2. The molecule has 3 nitrogen and oxygen atoms in total. The number of fused-ring (bicyclic) bond motifs is 1. The predicted molar refractivity (Wildman–Crippen MR) is 84.8 cm³/mol. The molecule has 108 valence electrons. The Kier molecular flexibility index (Phi) is 4.06. The average Bonchev–Trinajstić information content (AvgIpc) is 2.86. The minimum absolute atomic E-state index is 0.277. The second-order valence-electron chi connectivity index (χ2n) is 4.86. The van der Waals surface area contributed by atoms with Gasteiger partial charge >= 0.3 is 0 Å². The summed E-state index contributed by atoms with van der Waals surface area (Å²) in [4.78, 5) is 7.45. The Bertz CT molecular complexity index is 754. The van der Waals surface area contributed by atoms with E-state index >= 15 is 0 Å². The van der Waals surface area contributed by atoms with Crippen LogP contribution in [0, 0.1) is 5.82 Å². The van der Waals surface area contributed by atoms with Crippen molar-refractivity contribution in [3.05, 3.63) is 53.8 Å². The quantitative estimate of drug-likeness (QED) is 0.675. The van der Waals surface area contributed by atoms with Gasteiger partial charge in [0.25, 0.3) is 0 Å². The summed E-state index contributed by atoms with van der Waals surface area (Å²) >= 11 is 5.72. The zero-order valence-corrected chi connectivity index (χ0v) is 12.1. The van der Waals surface area contributed by atoms with E-state index in [1.54, 1.807) is 6.07 Å². The van der Waals surface area contributed by atoms with E-state index in [0.29, 0.717) is 17.3 Å². The molecule has 21 heavy (non-hydrogen) atoms. The third kappa shape index (κ3) is 3.34. The molecule has 3 rings (SSSR count). The Hall–Kier alpha value is -2.07. The number of aromatic nitrogens is 2. The van der Waals surface area contributed by atoms with Crippen molar-refractivity contribution < 1.29 is 4.39 Å². The zero-order chi connectivity index (χ0) is 14.7. The molecular weight excluding hydrogens is 289 g/mol. The Balaban J connectivity index is 1.81. The van der Waals surface area contributed by atoms with Gasteiger partial charge in [0.1, 0.15) is 5.82 Å². The van der Waals surface area contributed by atoms with Crippen molar-refractivity contribution in [1.29, 1.82) is 0 Å². The largest absolute Gasteiger partial charge is 0.326 e. The smallest absolute Gasteiger partial charge is 0.205 e. The molecule has 0 aliphatic rings. The van der Waals surface area contributed by atoms with Crippen molar-refractivity contribution in [3.8, 4) is 0 Å². The lowest BCUT2D eigenvalue weighted by atomic mass is 10.1. The van der Waals surface area contributed by atoms with Crippen molar-refractivity contribution >= 4 is 34.3 Å². The number of rotatable bonds is 5. The number of imidazole rings is 1. The molecule has 1 aromatic heterocycles. The number of alkyl halides is 1. The highest BCUT2D eigenvalue weighted by Gasteiger charge is 2.04. The van der Waals surface area contributed by atoms with E-state index < -0.39 is 0 Å². The molecule has 0 saturated heterocycles. The van der Waals surface area contributed by atoms with E-state index in [4.69, 9.17) is 11.6 Å². The number of anilines is 2. The van der Waals surface area contributed by atoms with E-state index in [2.05, 4.69) is 27.4 Å². The van der Waals surface area contributed by atoms with Crippen LogP contribution in [0.1, 0.15) is 12.0 Å². The number of aryl methyl sites for hydroxylation is 1. The fraction of sp³-hybridized carbons (Fsp3) is 0.188. The molecule has 0 atom stereocenters. The lowest BCUT2D eigenvalue weighted by molar-refractivity contribution is 0.629. The van der Waals surface area contributed by atoms with Crippen LogP contribution >= 0.6 is 11.6 Å². The minimum atomic E-state index is -0.277. The molecule has 5 heteroatoms. The number of nitrogens with zero attached hydrogens (tertiary/aromatic N) is 1. The van der Waals surface area contributed by atoms with Gasteiger partial charge in [0.05, 0.1) is 11.0 Å². The first-order valence-electron chi connectivity index (χ1n) is 6.82. The Morgan fingerprint density at radius 3 is 2.95 bits per heavy atom. The van der Waals surface area contributed by atoms with E-state index in [-0.39, 0.29) is 5.82 Å². The zero-order valence-electron chi connectivity index (χ0n) is 11.4. The molecule has 0 unspecified atom stereocenters. The van der Waals surface area contributed by atoms with E-state index in [1.165, 1.54) is 17.7 Å². The monoisotopic (exact) mass is 303 g/mol. The van der Waals surface area contributed by atoms with Gasteiger partial charge in [-0.15, -0.1) is 11.6 Å². The van der Waals surface area contributed by atoms with Crippen LogP contribution < -0.4 is 5.32 Å². The molecule has 0 spiro atoms. The highest BCUT2D eigenvalue weighted by Crippen LogP contribution is 2.20. The van der Waals surface area contributed by atoms with Crippen LogP contribution in [0.5, 0.6) is 0 Å². The first-order valence-corrected chi connectivity index (χ1v) is 7.35. The summed E-state index contributed by atoms with van der Waals surface area (Å²) in [5, 5.41) is 3.21. The fourth-order valence-electron chi connectivity index (χ4n) is 2.25. The Labute approximate surface area is 127 Å². The van der Waals surface area contributed by atoms with E-state index in [9.17, 15) is 4.39 Å². The molecule has 0 radical (unpaired) electrons. The van der Waals surface area contributed by atoms with Crippen molar-refractivity contribution in [2.45, 2.75) is 12.8 Å². The highest BCUT2D eigenvalue weighted by molar-refractivity contribution is 6.17. The van der Waals surface area contributed by atoms with Crippen LogP contribution in [0.2, 0.25) is 0 Å². The standard InChI is InChI=1S/C16H15ClFN3/c17-8-2-4-11-3-1-5-13(9-11)19-16-20-14-7-6-12(18)10-15(14)21-16/h1,3,5-7,9-10H,2,4,8H2,(H2,19,20,21). The van der Waals surface area contributed by atoms with Crippen LogP contribution in [0.3, 0.4) is 0 Å². The second kappa shape index (κ2) is 6.14. The number of benzene rings is 2. The van der Waals surface area contributed by atoms with Gasteiger partial charge in [-0.3, -0.25) is 0 Å². The van der Waals surface area contributed by atoms with Gasteiger partial charge in [-0.05, 0) is 48.7 Å². The van der Waals surface area contributed by atoms with Gasteiger partial charge in [0, 0.05) is 11.6 Å². The lowest BCUT2D eigenvalue weighted by Crippen LogP contribution is -1.94. The Morgan fingerprint density at radius 2 is 2.10 bits per heavy atom. The number of H-pyrrole nitrogens is 1. The fourth-order valence-corrected chi connectivity index (χ4v) is 2.39. The minimum Gasteiger partial charge on any atom is -0.326 e. The van der Waals surface area contributed by atoms with Crippen molar-refractivity contribution in [1.82, 2.24) is 9.97 Å². The number of hydrogen-bond donors (Lipinski definition) is 2. The Morgan fingerprint density at radius 1 is 1.19 bits per heavy atom. The molecule has 0 bridgehead atoms. The summed E-state index contributed by atoms with van der Waals surface area (Å²) in [5.41, 5.74) is 3.58. The highest BCUT2D eigenvalue weighted by atomic mass is 35.5. The lowest BCUT2D eigenvalue weighted by Gasteiger charge is -2.05. The molecular formula is C16H15ClFN3. The molecule has 0 fully saturated rings. The summed E-state index contributed by atoms with van der Waals surface area (Å²) in [6.07, 6.45) is 1.90. The molecule has 0 saturated carbocycles. The summed E-state index contributed by atoms with van der Waals surface area (Å²) in [7, 11) is 0. The first-order chi connectivity index (χ1) is 10.2. The maximum absolute atomic E-state index is 13.2. The summed E-state index contributed by atoms with van der Waals surface area (Å²) in [5.74, 6) is 0.984. The molecule has 3 aromatic rings. The summed E-state index contributed by atoms with van der Waals surface area (Å²) in [6, 6.07) is 12.6. The maximum Gasteiger partial charge on any atom is 0.205 e. The molecule has 0 aliphatic carbocycles. The van der Waals surface area contributed by atoms with Gasteiger partial charge in [0.15, 0.2) is 0 Å². The third-order valence-corrected chi connectivity index (χ3v) is 3.50. The normalized spacial score (nSPS) is 11.0. The van der Waals surface area contributed by atoms with Gasteiger partial charge in [-0.25, -0.2) is 9.37 Å². The molecule has 2 N–H and O–H groups in total. The van der Waals surface area contributed by atoms with Crippen LogP contribution in [0.15, 0.2) is 42.5 Å². The summed E-state index contributed by atoms with van der Waals surface area (Å²) in [6.45, 7) is 0. The second-order valence-corrected chi connectivity index (χ2v) is 5.24. The van der Waals surface area contributed by atoms with E-state index in [0.717, 1.165) is 24.0 Å². The predicted octanol–water partition coefficient (Wildman–Crippen LogP) is 4.62. The molecule has 0 aliphatic heterocycles. The van der Waals surface area contributed by atoms with Crippen LogP contribution in [-0.2, 0) is 6.42 Å². The van der Waals surface area contributed by atoms with Crippen molar-refractivity contribution in [3.63, 3.8) is 0 Å². The van der Waals surface area contributed by atoms with Gasteiger partial charge in [-0.1, -0.05) is 12.1 Å². The van der Waals surface area contributed by atoms with E-state index in [1.807, 2.05) is 12.1 Å². The first kappa shape index (κ1) is 13.9. The molecule has 1 heterocycles. The van der Waals surface area contributed by atoms with Crippen LogP contribution in [-0.4, -0.2) is 15.8 Å². The topological polar surface area (TPSA) is 40.7 Å². The molecule has 2 aromatic carbocycles. The van der Waals surface area contributed by atoms with Gasteiger partial charge < -0.3 is 10.3 Å². The van der Waals surface area contributed by atoms with Crippen molar-refractivity contribution in [2.24, 2.45) is 0 Å². The number of aromatic amines is 1. The number of nitrogens with one attached hydrogen (secondary N) is 2. The SMILES string of the molecule is Fc1ccc2nc(Nc3cccc(CCCCl)c3)[nH]c2c1. The van der Waals surface area contributed by atoms with Gasteiger partial charge in [0.2, 0.25) is 5.95 Å².